The average molecular weight is 758 g/mol. The summed E-state index contributed by atoms with van der Waals surface area (Å²) in [4.78, 5) is 36.6. The summed E-state index contributed by atoms with van der Waals surface area (Å²) in [6.07, 6.45) is 44.1. The Kier molecular flexibility index (Phi) is 34.9. The Bertz CT molecular complexity index is 1070. The second-order valence-corrected chi connectivity index (χ2v) is 15.2. The zero-order valence-electron chi connectivity index (χ0n) is 35.1. The quantitative estimate of drug-likeness (QED) is 0.0269. The van der Waals surface area contributed by atoms with Crippen LogP contribution in [-0.4, -0.2) is 75.5 Å². The fourth-order valence-electron chi connectivity index (χ4n) is 5.86. The van der Waals surface area contributed by atoms with Crippen LogP contribution >= 0.6 is 0 Å². The number of carboxylic acids is 1. The second-order valence-electron chi connectivity index (χ2n) is 15.2. The highest BCUT2D eigenvalue weighted by Gasteiger charge is 2.25. The summed E-state index contributed by atoms with van der Waals surface area (Å²) in [7, 11) is 5.39. The monoisotopic (exact) mass is 758 g/mol. The van der Waals surface area contributed by atoms with Gasteiger partial charge in [-0.25, -0.2) is 0 Å². The summed E-state index contributed by atoms with van der Waals surface area (Å²) < 4.78 is 17.1. The molecule has 8 nitrogen and oxygen atoms in total. The first-order valence-electron chi connectivity index (χ1n) is 21.3. The standard InChI is InChI=1S/C46H79NO7/c1-6-8-10-12-14-15-16-17-18-19-20-21-22-23-24-25-26-27-28-29-31-32-34-36-44(48)53-41-42(40-52-39-38-43(46(50)51)47(3,4)5)54-45(49)37-35-33-30-13-11-9-7-2/h8,10,14-15,17-18,20-21,23-24,42-43H,6-7,9,11-13,16,19,22,25-41H2,1-5H3/b10-8+,15-14+,18-17+,21-20+,24-23+. The minimum absolute atomic E-state index is 0.0357. The van der Waals surface area contributed by atoms with E-state index in [0.717, 1.165) is 77.0 Å². The fraction of sp³-hybridized carbons (Fsp3) is 0.717. The van der Waals surface area contributed by atoms with Crippen LogP contribution in [0, 0.1) is 0 Å². The highest BCUT2D eigenvalue weighted by Crippen LogP contribution is 2.13. The molecule has 0 rings (SSSR count). The Morgan fingerprint density at radius 2 is 1.04 bits per heavy atom. The highest BCUT2D eigenvalue weighted by atomic mass is 16.6. The second kappa shape index (κ2) is 37.0. The molecule has 0 amide bonds. The van der Waals surface area contributed by atoms with E-state index in [9.17, 15) is 19.5 Å². The summed E-state index contributed by atoms with van der Waals surface area (Å²) in [5.41, 5.74) is 0. The summed E-state index contributed by atoms with van der Waals surface area (Å²) in [5, 5.41) is 11.6. The third kappa shape index (κ3) is 34.8. The third-order valence-corrected chi connectivity index (χ3v) is 9.17. The van der Waals surface area contributed by atoms with Crippen molar-refractivity contribution in [2.75, 3.05) is 41.0 Å². The molecule has 0 saturated carbocycles. The lowest BCUT2D eigenvalue weighted by molar-refractivity contribution is -0.889. The molecule has 0 fully saturated rings. The van der Waals surface area contributed by atoms with E-state index in [4.69, 9.17) is 14.2 Å². The number of likely N-dealkylation sites (N-methyl/N-ethyl adjacent to an activating group) is 1. The Balaban J connectivity index is 4.20. The van der Waals surface area contributed by atoms with Crippen LogP contribution in [0.25, 0.3) is 0 Å². The van der Waals surface area contributed by atoms with E-state index < -0.39 is 18.1 Å². The van der Waals surface area contributed by atoms with Crippen molar-refractivity contribution in [1.29, 1.82) is 0 Å². The lowest BCUT2D eigenvalue weighted by Crippen LogP contribution is -2.55. The van der Waals surface area contributed by atoms with Gasteiger partial charge in [-0.1, -0.05) is 145 Å². The van der Waals surface area contributed by atoms with Crippen LogP contribution in [0.5, 0.6) is 0 Å². The van der Waals surface area contributed by atoms with E-state index in [1.165, 1.54) is 51.4 Å². The molecule has 2 atom stereocenters. The van der Waals surface area contributed by atoms with Crippen LogP contribution in [0.15, 0.2) is 60.8 Å². The van der Waals surface area contributed by atoms with Crippen molar-refractivity contribution < 1.29 is 38.2 Å². The predicted octanol–water partition coefficient (Wildman–Crippen LogP) is 10.1. The molecule has 310 valence electrons. The van der Waals surface area contributed by atoms with Gasteiger partial charge in [0, 0.05) is 19.3 Å². The first-order chi connectivity index (χ1) is 26.1. The topological polar surface area (TPSA) is 102 Å². The molecule has 0 aliphatic rings. The molecule has 0 saturated heterocycles. The van der Waals surface area contributed by atoms with Gasteiger partial charge in [-0.15, -0.1) is 0 Å². The van der Waals surface area contributed by atoms with Crippen molar-refractivity contribution in [3.63, 3.8) is 0 Å². The maximum atomic E-state index is 12.6. The van der Waals surface area contributed by atoms with Crippen molar-refractivity contribution >= 4 is 17.9 Å². The van der Waals surface area contributed by atoms with Crippen molar-refractivity contribution in [2.24, 2.45) is 0 Å². The lowest BCUT2D eigenvalue weighted by Gasteiger charge is -2.34. The van der Waals surface area contributed by atoms with Gasteiger partial charge in [0.05, 0.1) is 40.3 Å². The molecule has 0 N–H and O–H groups in total. The number of aliphatic carboxylic acids is 1. The Hall–Kier alpha value is -2.97. The number of carbonyl (C=O) groups is 3. The van der Waals surface area contributed by atoms with Crippen LogP contribution in [0.3, 0.4) is 0 Å². The number of allylic oxidation sites excluding steroid dienone is 10. The zero-order valence-corrected chi connectivity index (χ0v) is 35.1. The minimum Gasteiger partial charge on any atom is -0.544 e. The van der Waals surface area contributed by atoms with E-state index >= 15 is 0 Å². The molecular weight excluding hydrogens is 679 g/mol. The van der Waals surface area contributed by atoms with Gasteiger partial charge in [0.2, 0.25) is 0 Å². The molecule has 0 aliphatic heterocycles. The maximum absolute atomic E-state index is 12.6. The molecule has 2 unspecified atom stereocenters. The predicted molar refractivity (Wildman–Crippen MR) is 222 cm³/mol. The molecule has 0 aromatic heterocycles. The normalized spacial score (nSPS) is 13.6. The van der Waals surface area contributed by atoms with E-state index in [1.807, 2.05) is 0 Å². The third-order valence-electron chi connectivity index (χ3n) is 9.17. The van der Waals surface area contributed by atoms with Crippen LogP contribution in [-0.2, 0) is 28.6 Å². The number of rotatable bonds is 37. The first kappa shape index (κ1) is 51.0. The molecule has 54 heavy (non-hydrogen) atoms. The van der Waals surface area contributed by atoms with Crippen LogP contribution in [0.2, 0.25) is 0 Å². The summed E-state index contributed by atoms with van der Waals surface area (Å²) in [6.45, 7) is 4.48. The van der Waals surface area contributed by atoms with Gasteiger partial charge >= 0.3 is 11.9 Å². The average Bonchev–Trinajstić information content (AvgIpc) is 3.12. The summed E-state index contributed by atoms with van der Waals surface area (Å²) in [5.74, 6) is -1.76. The molecule has 0 spiro atoms. The van der Waals surface area contributed by atoms with E-state index in [-0.39, 0.29) is 42.7 Å². The molecule has 0 heterocycles. The number of unbranched alkanes of at least 4 members (excludes halogenated alkanes) is 13. The fourth-order valence-corrected chi connectivity index (χ4v) is 5.86. The summed E-state index contributed by atoms with van der Waals surface area (Å²) in [6, 6.07) is -0.726. The van der Waals surface area contributed by atoms with Crippen LogP contribution in [0.1, 0.15) is 162 Å². The van der Waals surface area contributed by atoms with Crippen molar-refractivity contribution in [1.82, 2.24) is 0 Å². The molecule has 8 heteroatoms. The number of carbonyl (C=O) groups excluding carboxylic acids is 3. The van der Waals surface area contributed by atoms with Gasteiger partial charge in [-0.05, 0) is 57.8 Å². The van der Waals surface area contributed by atoms with Crippen molar-refractivity contribution in [3.8, 4) is 0 Å². The highest BCUT2D eigenvalue weighted by molar-refractivity contribution is 5.70. The number of hydrogen-bond acceptors (Lipinski definition) is 7. The Labute approximate surface area is 330 Å². The van der Waals surface area contributed by atoms with Crippen LogP contribution < -0.4 is 5.11 Å². The number of ether oxygens (including phenoxy) is 3. The minimum atomic E-state index is -1.13. The van der Waals surface area contributed by atoms with Gasteiger partial charge in [0.15, 0.2) is 6.10 Å². The van der Waals surface area contributed by atoms with Gasteiger partial charge in [-0.3, -0.25) is 9.59 Å². The van der Waals surface area contributed by atoms with E-state index in [1.54, 1.807) is 21.1 Å². The molecule has 0 aromatic rings. The number of carboxylic acid groups (broad SMARTS) is 1. The molecular formula is C46H79NO7. The largest absolute Gasteiger partial charge is 0.544 e. The number of hydrogen-bond donors (Lipinski definition) is 0. The molecule has 0 radical (unpaired) electrons. The van der Waals surface area contributed by atoms with Gasteiger partial charge in [0.25, 0.3) is 0 Å². The van der Waals surface area contributed by atoms with Gasteiger partial charge in [-0.2, -0.15) is 0 Å². The van der Waals surface area contributed by atoms with Gasteiger partial charge < -0.3 is 28.6 Å². The van der Waals surface area contributed by atoms with Gasteiger partial charge in [0.1, 0.15) is 12.6 Å². The Morgan fingerprint density at radius 3 is 1.54 bits per heavy atom. The zero-order chi connectivity index (χ0) is 40.0. The number of esters is 2. The smallest absolute Gasteiger partial charge is 0.306 e. The van der Waals surface area contributed by atoms with E-state index in [2.05, 4.69) is 74.6 Å². The molecule has 0 aromatic carbocycles. The molecule has 0 bridgehead atoms. The first-order valence-corrected chi connectivity index (χ1v) is 21.3. The SMILES string of the molecule is CC/C=C/C/C=C/C/C=C/C/C=C/C/C=C/CCCCCCCCCC(=O)OCC(COCCC(C(=O)[O-])[N+](C)(C)C)OC(=O)CCCCCCCCC. The number of nitrogens with zero attached hydrogens (tertiary/aromatic N) is 1. The lowest BCUT2D eigenvalue weighted by atomic mass is 10.1. The van der Waals surface area contributed by atoms with Crippen molar-refractivity contribution in [2.45, 2.75) is 174 Å². The summed E-state index contributed by atoms with van der Waals surface area (Å²) >= 11 is 0. The molecule has 0 aliphatic carbocycles. The van der Waals surface area contributed by atoms with E-state index in [0.29, 0.717) is 12.8 Å². The Morgan fingerprint density at radius 1 is 0.574 bits per heavy atom. The number of quaternary nitrogens is 1. The maximum Gasteiger partial charge on any atom is 0.306 e. The van der Waals surface area contributed by atoms with Crippen LogP contribution in [0.4, 0.5) is 0 Å². The van der Waals surface area contributed by atoms with Crippen molar-refractivity contribution in [3.05, 3.63) is 60.8 Å².